The maximum absolute atomic E-state index is 16.9. The number of nitrogens with one attached hydrogen (secondary N) is 1. The number of anilines is 1. The third-order valence-electron chi connectivity index (χ3n) is 12.4. The molecule has 1 saturated heterocycles. The van der Waals surface area contributed by atoms with Crippen LogP contribution < -0.4 is 11.1 Å². The number of hydrogen-bond donors (Lipinski definition) is 5. The number of nitrogen functional groups attached to an aromatic ring is 1. The highest BCUT2D eigenvalue weighted by molar-refractivity contribution is 6.06. The standard InChI is InChI=1S/C22H29FO5.C13H13N3O3/c1-12-8-16-15-5-4-13-9-14(25)6-7-19(13,2)21(15,23)17(26)10-20(16,3)22(12,28)18(27)11-24;14-9-3-1-2-7-8(9)6-16(13(7)19)10-4-5-11(17)15-12(10)18/h6-7,9,12,15-17,24,26,28H,4-5,8,10-11H2,1-3H3;1-3,10H,4-6,14H2,(H,15,17,18)/t12-,15+,16+,17+,19+,20+,21+,22+;/m1./s1. The zero-order chi connectivity index (χ0) is 34.3. The van der Waals surface area contributed by atoms with Crippen LogP contribution in [-0.2, 0) is 25.7 Å². The van der Waals surface area contributed by atoms with Crippen molar-refractivity contribution in [1.82, 2.24) is 10.2 Å². The fraction of sp³-hybridized carbons (Fsp3) is 0.571. The van der Waals surface area contributed by atoms with E-state index >= 15 is 4.39 Å². The summed E-state index contributed by atoms with van der Waals surface area (Å²) < 4.78 is 16.9. The van der Waals surface area contributed by atoms with Crippen molar-refractivity contribution in [1.29, 1.82) is 0 Å². The summed E-state index contributed by atoms with van der Waals surface area (Å²) in [4.78, 5) is 61.1. The van der Waals surface area contributed by atoms with E-state index in [0.29, 0.717) is 49.1 Å². The molecule has 6 N–H and O–H groups in total. The highest BCUT2D eigenvalue weighted by Gasteiger charge is 2.75. The number of nitrogens with two attached hydrogens (primary N) is 1. The van der Waals surface area contributed by atoms with Crippen LogP contribution >= 0.6 is 0 Å². The van der Waals surface area contributed by atoms with Crippen LogP contribution in [0.15, 0.2) is 42.0 Å². The number of rotatable bonds is 3. The van der Waals surface area contributed by atoms with Gasteiger partial charge in [0, 0.05) is 46.5 Å². The molecule has 0 aromatic heterocycles. The lowest BCUT2D eigenvalue weighted by Crippen LogP contribution is -2.69. The molecular formula is C35H42FN3O8. The minimum atomic E-state index is -1.98. The summed E-state index contributed by atoms with van der Waals surface area (Å²) in [5, 5.41) is 34.2. The molecular weight excluding hydrogens is 609 g/mol. The van der Waals surface area contributed by atoms with E-state index in [4.69, 9.17) is 5.73 Å². The molecule has 0 spiro atoms. The number of aliphatic hydroxyl groups is 3. The van der Waals surface area contributed by atoms with Crippen LogP contribution in [0, 0.1) is 28.6 Å². The van der Waals surface area contributed by atoms with Gasteiger partial charge in [0.2, 0.25) is 11.8 Å². The Morgan fingerprint density at radius 2 is 1.85 bits per heavy atom. The van der Waals surface area contributed by atoms with Crippen LogP contribution in [-0.4, -0.2) is 79.5 Å². The van der Waals surface area contributed by atoms with Gasteiger partial charge in [0.1, 0.15) is 18.2 Å². The number of fused-ring (bicyclic) bond motifs is 6. The number of hydrogen-bond acceptors (Lipinski definition) is 9. The smallest absolute Gasteiger partial charge is 0.255 e. The number of alkyl halides is 1. The van der Waals surface area contributed by atoms with Crippen molar-refractivity contribution in [2.45, 2.75) is 89.3 Å². The predicted molar refractivity (Wildman–Crippen MR) is 167 cm³/mol. The molecule has 6 aliphatic rings. The number of imide groups is 1. The first kappa shape index (κ1) is 33.2. The molecule has 4 fully saturated rings. The van der Waals surface area contributed by atoms with Crippen molar-refractivity contribution in [3.63, 3.8) is 0 Å². The molecule has 3 saturated carbocycles. The van der Waals surface area contributed by atoms with E-state index in [2.05, 4.69) is 5.32 Å². The topological polar surface area (TPSA) is 187 Å². The summed E-state index contributed by atoms with van der Waals surface area (Å²) in [6.07, 6.45) is 5.06. The minimum Gasteiger partial charge on any atom is -0.398 e. The Morgan fingerprint density at radius 1 is 1.13 bits per heavy atom. The van der Waals surface area contributed by atoms with Crippen LogP contribution in [0.5, 0.6) is 0 Å². The fourth-order valence-electron chi connectivity index (χ4n) is 9.87. The third kappa shape index (κ3) is 4.51. The average Bonchev–Trinajstić information content (AvgIpc) is 3.46. The van der Waals surface area contributed by atoms with E-state index in [1.165, 1.54) is 17.1 Å². The Balaban J connectivity index is 0.000000177. The monoisotopic (exact) mass is 651 g/mol. The van der Waals surface area contributed by atoms with Crippen LogP contribution in [0.2, 0.25) is 0 Å². The number of ketones is 2. The molecule has 7 rings (SSSR count). The summed E-state index contributed by atoms with van der Waals surface area (Å²) in [6, 6.07) is 4.58. The average molecular weight is 652 g/mol. The molecule has 1 unspecified atom stereocenters. The molecule has 2 heterocycles. The molecule has 0 radical (unpaired) electrons. The number of benzene rings is 1. The second-order valence-corrected chi connectivity index (χ2v) is 14.5. The van der Waals surface area contributed by atoms with E-state index in [1.807, 2.05) is 0 Å². The first-order valence-electron chi connectivity index (χ1n) is 16.2. The molecule has 3 amide bonds. The maximum atomic E-state index is 16.9. The Morgan fingerprint density at radius 3 is 2.51 bits per heavy atom. The highest BCUT2D eigenvalue weighted by atomic mass is 19.1. The third-order valence-corrected chi connectivity index (χ3v) is 12.4. The Bertz CT molecular complexity index is 1640. The molecule has 1 aromatic rings. The normalized spacial score (nSPS) is 40.4. The Hall–Kier alpha value is -3.74. The number of nitrogens with zero attached hydrogens (tertiary/aromatic N) is 1. The molecule has 9 atom stereocenters. The fourth-order valence-corrected chi connectivity index (χ4v) is 9.87. The quantitative estimate of drug-likeness (QED) is 0.240. The number of carbonyl (C=O) groups is 5. The van der Waals surface area contributed by atoms with E-state index < -0.39 is 64.4 Å². The van der Waals surface area contributed by atoms with E-state index in [1.54, 1.807) is 45.0 Å². The number of piperidine rings is 1. The molecule has 11 nitrogen and oxygen atoms in total. The maximum Gasteiger partial charge on any atom is 0.255 e. The van der Waals surface area contributed by atoms with Gasteiger partial charge in [0.15, 0.2) is 17.2 Å². The lowest BCUT2D eigenvalue weighted by molar-refractivity contribution is -0.219. The van der Waals surface area contributed by atoms with Crippen molar-refractivity contribution in [2.24, 2.45) is 28.6 Å². The second-order valence-electron chi connectivity index (χ2n) is 14.5. The lowest BCUT2D eigenvalue weighted by atomic mass is 9.44. The number of allylic oxidation sites excluding steroid dienone is 4. The van der Waals surface area contributed by atoms with Crippen LogP contribution in [0.25, 0.3) is 0 Å². The number of Topliss-reactive ketones (excluding diaryl/α,β-unsaturated/α-hetero) is 1. The summed E-state index contributed by atoms with van der Waals surface area (Å²) >= 11 is 0. The first-order chi connectivity index (χ1) is 22.0. The molecule has 252 valence electrons. The van der Waals surface area contributed by atoms with Gasteiger partial charge in [-0.3, -0.25) is 29.3 Å². The van der Waals surface area contributed by atoms with Crippen LogP contribution in [0.1, 0.15) is 75.2 Å². The molecule has 12 heteroatoms. The largest absolute Gasteiger partial charge is 0.398 e. The van der Waals surface area contributed by atoms with E-state index in [-0.39, 0.29) is 36.4 Å². The number of carbonyl (C=O) groups excluding carboxylic acids is 5. The first-order valence-corrected chi connectivity index (χ1v) is 16.2. The van der Waals surface area contributed by atoms with Gasteiger partial charge >= 0.3 is 0 Å². The van der Waals surface area contributed by atoms with Crippen LogP contribution in [0.3, 0.4) is 0 Å². The summed E-state index contributed by atoms with van der Waals surface area (Å²) in [6.45, 7) is 4.81. The van der Waals surface area contributed by atoms with Gasteiger partial charge in [-0.1, -0.05) is 31.6 Å². The van der Waals surface area contributed by atoms with Crippen LogP contribution in [0.4, 0.5) is 10.1 Å². The molecule has 1 aromatic carbocycles. The molecule has 2 aliphatic heterocycles. The molecule has 0 bridgehead atoms. The SMILES string of the molecule is C[C@@H]1C[C@H]2[C@@H]3CCC4=CC(=O)C=C[C@]4(C)[C@@]3(F)[C@@H](O)C[C@]2(C)[C@@]1(O)C(=O)CO.Nc1cccc2c1CN(C1CCC(=O)NC1=O)C2=O. The van der Waals surface area contributed by atoms with Gasteiger partial charge in [0.25, 0.3) is 5.91 Å². The Kier molecular flexibility index (Phi) is 7.88. The highest BCUT2D eigenvalue weighted by Crippen LogP contribution is 2.70. The van der Waals surface area contributed by atoms with Gasteiger partial charge in [-0.05, 0) is 75.1 Å². The molecule has 47 heavy (non-hydrogen) atoms. The van der Waals surface area contributed by atoms with Gasteiger partial charge in [-0.25, -0.2) is 4.39 Å². The van der Waals surface area contributed by atoms with Gasteiger partial charge in [-0.2, -0.15) is 0 Å². The lowest BCUT2D eigenvalue weighted by Gasteiger charge is -2.62. The zero-order valence-corrected chi connectivity index (χ0v) is 26.8. The molecule has 4 aliphatic carbocycles. The van der Waals surface area contributed by atoms with Crippen molar-refractivity contribution < 1.29 is 43.7 Å². The van der Waals surface area contributed by atoms with Crippen molar-refractivity contribution in [3.8, 4) is 0 Å². The summed E-state index contributed by atoms with van der Waals surface area (Å²) in [5.74, 6) is -3.01. The number of amides is 3. The summed E-state index contributed by atoms with van der Waals surface area (Å²) in [7, 11) is 0. The summed E-state index contributed by atoms with van der Waals surface area (Å²) in [5.41, 5.74) is 2.54. The van der Waals surface area contributed by atoms with Crippen molar-refractivity contribution in [3.05, 3.63) is 53.1 Å². The second kappa shape index (κ2) is 11.2. The van der Waals surface area contributed by atoms with Gasteiger partial charge in [-0.15, -0.1) is 0 Å². The predicted octanol–water partition coefficient (Wildman–Crippen LogP) is 1.93. The van der Waals surface area contributed by atoms with E-state index in [0.717, 1.165) is 5.56 Å². The Labute approximate surface area is 272 Å². The minimum absolute atomic E-state index is 0.0676. The number of halogens is 1. The van der Waals surface area contributed by atoms with Crippen molar-refractivity contribution in [2.75, 3.05) is 12.3 Å². The van der Waals surface area contributed by atoms with Gasteiger partial charge < -0.3 is 26.0 Å². The van der Waals surface area contributed by atoms with E-state index in [9.17, 15) is 39.3 Å². The van der Waals surface area contributed by atoms with Crippen molar-refractivity contribution >= 4 is 35.0 Å². The number of aliphatic hydroxyl groups excluding tert-OH is 2. The zero-order valence-electron chi connectivity index (χ0n) is 26.8. The van der Waals surface area contributed by atoms with Gasteiger partial charge in [0.05, 0.1) is 6.10 Å².